The molecule has 0 aromatic heterocycles. The van der Waals surface area contributed by atoms with Crippen LogP contribution in [0.2, 0.25) is 0 Å². The summed E-state index contributed by atoms with van der Waals surface area (Å²) in [6.07, 6.45) is 0. The van der Waals surface area contributed by atoms with E-state index in [4.69, 9.17) is 4.74 Å². The molecule has 2 nitrogen and oxygen atoms in total. The van der Waals surface area contributed by atoms with Gasteiger partial charge in [-0.05, 0) is 45.3 Å². The number of carbonyl (C=O) groups is 1. The number of hydrogen-bond donors (Lipinski definition) is 0. The zero-order valence-corrected chi connectivity index (χ0v) is 11.5. The summed E-state index contributed by atoms with van der Waals surface area (Å²) in [4.78, 5) is 12.4. The number of ether oxygens (including phenoxy) is 1. The number of rotatable bonds is 2. The van der Waals surface area contributed by atoms with Gasteiger partial charge in [-0.3, -0.25) is 4.79 Å². The molecule has 0 N–H and O–H groups in total. The van der Waals surface area contributed by atoms with Gasteiger partial charge in [-0.1, -0.05) is 18.2 Å². The Kier molecular flexibility index (Phi) is 3.21. The molecule has 19 heavy (non-hydrogen) atoms. The minimum atomic E-state index is -0.517. The van der Waals surface area contributed by atoms with Crippen LogP contribution in [0.4, 0.5) is 4.39 Å². The van der Waals surface area contributed by atoms with Crippen LogP contribution >= 0.6 is 15.9 Å². The lowest BCUT2D eigenvalue weighted by Crippen LogP contribution is -2.06. The lowest BCUT2D eigenvalue weighted by Gasteiger charge is -2.06. The fraction of sp³-hybridized carbons (Fsp3) is 0.133. The summed E-state index contributed by atoms with van der Waals surface area (Å²) in [5, 5.41) is 0. The highest BCUT2D eigenvalue weighted by Gasteiger charge is 2.19. The summed E-state index contributed by atoms with van der Waals surface area (Å²) in [5.41, 5.74) is 2.64. The van der Waals surface area contributed by atoms with E-state index in [1.807, 2.05) is 6.07 Å². The highest BCUT2D eigenvalue weighted by molar-refractivity contribution is 9.10. The van der Waals surface area contributed by atoms with Gasteiger partial charge in [0, 0.05) is 10.0 Å². The first-order chi connectivity index (χ1) is 9.16. The molecule has 2 aromatic rings. The second kappa shape index (κ2) is 4.87. The van der Waals surface area contributed by atoms with Gasteiger partial charge in [0.15, 0.2) is 5.78 Å². The van der Waals surface area contributed by atoms with Crippen molar-refractivity contribution < 1.29 is 13.9 Å². The summed E-state index contributed by atoms with van der Waals surface area (Å²) < 4.78 is 19.6. The number of fused-ring (bicyclic) bond motifs is 1. The fourth-order valence-electron chi connectivity index (χ4n) is 2.17. The minimum Gasteiger partial charge on any atom is -0.372 e. The number of ketones is 1. The van der Waals surface area contributed by atoms with Crippen LogP contribution in [0.15, 0.2) is 40.9 Å². The monoisotopic (exact) mass is 320 g/mol. The number of carbonyl (C=O) groups excluding carboxylic acids is 1. The predicted molar refractivity (Wildman–Crippen MR) is 72.5 cm³/mol. The second-order valence-corrected chi connectivity index (χ2v) is 5.26. The molecule has 0 saturated carbocycles. The predicted octanol–water partition coefficient (Wildman–Crippen LogP) is 3.85. The second-order valence-electron chi connectivity index (χ2n) is 4.40. The Morgan fingerprint density at radius 2 is 1.95 bits per heavy atom. The van der Waals surface area contributed by atoms with Crippen LogP contribution in [0.25, 0.3) is 0 Å². The average molecular weight is 321 g/mol. The van der Waals surface area contributed by atoms with Crippen molar-refractivity contribution >= 4 is 21.7 Å². The van der Waals surface area contributed by atoms with Crippen molar-refractivity contribution in [2.45, 2.75) is 13.2 Å². The van der Waals surface area contributed by atoms with E-state index in [1.165, 1.54) is 6.07 Å². The summed E-state index contributed by atoms with van der Waals surface area (Å²) in [6, 6.07) is 9.87. The van der Waals surface area contributed by atoms with E-state index in [9.17, 15) is 9.18 Å². The Balaban J connectivity index is 2.05. The normalized spacial score (nSPS) is 13.4. The van der Waals surface area contributed by atoms with Crippen LogP contribution < -0.4 is 0 Å². The molecule has 1 aliphatic rings. The highest BCUT2D eigenvalue weighted by atomic mass is 79.9. The molecule has 0 unspecified atom stereocenters. The number of hydrogen-bond acceptors (Lipinski definition) is 2. The molecule has 0 saturated heterocycles. The Hall–Kier alpha value is -1.52. The molecule has 0 amide bonds. The molecule has 4 heteroatoms. The van der Waals surface area contributed by atoms with E-state index in [2.05, 4.69) is 15.9 Å². The molecule has 0 atom stereocenters. The van der Waals surface area contributed by atoms with E-state index in [-0.39, 0.29) is 11.3 Å². The summed E-state index contributed by atoms with van der Waals surface area (Å²) >= 11 is 3.22. The van der Waals surface area contributed by atoms with Crippen LogP contribution in [-0.2, 0) is 18.0 Å². The molecular weight excluding hydrogens is 311 g/mol. The summed E-state index contributed by atoms with van der Waals surface area (Å²) in [6.45, 7) is 1.09. The molecule has 2 aromatic carbocycles. The lowest BCUT2D eigenvalue weighted by molar-refractivity contribution is 0.103. The molecule has 96 valence electrons. The minimum absolute atomic E-state index is 0.0707. The van der Waals surface area contributed by atoms with Crippen molar-refractivity contribution in [3.8, 4) is 0 Å². The van der Waals surface area contributed by atoms with Crippen LogP contribution in [0.1, 0.15) is 27.0 Å². The van der Waals surface area contributed by atoms with Crippen molar-refractivity contribution in [1.82, 2.24) is 0 Å². The first-order valence-corrected chi connectivity index (χ1v) is 6.64. The van der Waals surface area contributed by atoms with Gasteiger partial charge in [-0.2, -0.15) is 0 Å². The zero-order valence-electron chi connectivity index (χ0n) is 9.95. The van der Waals surface area contributed by atoms with E-state index in [0.717, 1.165) is 11.1 Å². The maximum Gasteiger partial charge on any atom is 0.197 e. The van der Waals surface area contributed by atoms with Gasteiger partial charge in [0.05, 0.1) is 18.8 Å². The van der Waals surface area contributed by atoms with Crippen LogP contribution in [0, 0.1) is 5.82 Å². The maximum absolute atomic E-state index is 13.8. The highest BCUT2D eigenvalue weighted by Crippen LogP contribution is 2.26. The number of benzene rings is 2. The SMILES string of the molecule is O=C(c1ccc2c(c1)COC2)c1c(F)cccc1Br. The van der Waals surface area contributed by atoms with Gasteiger partial charge in [-0.15, -0.1) is 0 Å². The number of halogens is 2. The van der Waals surface area contributed by atoms with E-state index in [0.29, 0.717) is 23.2 Å². The molecule has 1 heterocycles. The molecular formula is C15H10BrFO2. The molecule has 0 radical (unpaired) electrons. The quantitative estimate of drug-likeness (QED) is 0.786. The maximum atomic E-state index is 13.8. The fourth-order valence-corrected chi connectivity index (χ4v) is 2.69. The van der Waals surface area contributed by atoms with E-state index < -0.39 is 5.82 Å². The Labute approximate surface area is 118 Å². The first-order valence-electron chi connectivity index (χ1n) is 5.85. The third-order valence-corrected chi connectivity index (χ3v) is 3.83. The molecule has 0 bridgehead atoms. The van der Waals surface area contributed by atoms with Gasteiger partial charge in [-0.25, -0.2) is 4.39 Å². The zero-order chi connectivity index (χ0) is 13.4. The molecule has 0 spiro atoms. The topological polar surface area (TPSA) is 26.3 Å². The molecule has 0 fully saturated rings. The Morgan fingerprint density at radius 1 is 1.16 bits per heavy atom. The van der Waals surface area contributed by atoms with Gasteiger partial charge < -0.3 is 4.74 Å². The Bertz CT molecular complexity index is 647. The lowest BCUT2D eigenvalue weighted by atomic mass is 9.99. The first kappa shape index (κ1) is 12.5. The molecule has 1 aliphatic heterocycles. The smallest absolute Gasteiger partial charge is 0.197 e. The van der Waals surface area contributed by atoms with Gasteiger partial charge >= 0.3 is 0 Å². The standard InChI is InChI=1S/C15H10BrFO2/c16-12-2-1-3-13(17)14(12)15(18)9-4-5-10-7-19-8-11(10)6-9/h1-6H,7-8H2. The van der Waals surface area contributed by atoms with Crippen molar-refractivity contribution in [2.24, 2.45) is 0 Å². The molecule has 0 aliphatic carbocycles. The van der Waals surface area contributed by atoms with E-state index in [1.54, 1.807) is 24.3 Å². The third-order valence-electron chi connectivity index (χ3n) is 3.17. The van der Waals surface area contributed by atoms with Crippen LogP contribution in [-0.4, -0.2) is 5.78 Å². The van der Waals surface area contributed by atoms with Gasteiger partial charge in [0.1, 0.15) is 5.82 Å². The van der Waals surface area contributed by atoms with Crippen molar-refractivity contribution in [1.29, 1.82) is 0 Å². The van der Waals surface area contributed by atoms with Crippen LogP contribution in [0.3, 0.4) is 0 Å². The van der Waals surface area contributed by atoms with Gasteiger partial charge in [0.2, 0.25) is 0 Å². The summed E-state index contributed by atoms with van der Waals surface area (Å²) in [7, 11) is 0. The van der Waals surface area contributed by atoms with Crippen molar-refractivity contribution in [3.05, 3.63) is 68.9 Å². The summed E-state index contributed by atoms with van der Waals surface area (Å²) in [5.74, 6) is -0.837. The van der Waals surface area contributed by atoms with Gasteiger partial charge in [0.25, 0.3) is 0 Å². The average Bonchev–Trinajstić information content (AvgIpc) is 2.85. The van der Waals surface area contributed by atoms with Crippen LogP contribution in [0.5, 0.6) is 0 Å². The molecule has 3 rings (SSSR count). The van der Waals surface area contributed by atoms with Crippen molar-refractivity contribution in [3.63, 3.8) is 0 Å². The Morgan fingerprint density at radius 3 is 2.74 bits per heavy atom. The van der Waals surface area contributed by atoms with E-state index >= 15 is 0 Å². The largest absolute Gasteiger partial charge is 0.372 e. The van der Waals surface area contributed by atoms with Crippen molar-refractivity contribution in [2.75, 3.05) is 0 Å². The third kappa shape index (κ3) is 2.22.